The zero-order valence-corrected chi connectivity index (χ0v) is 11.6. The van der Waals surface area contributed by atoms with Gasteiger partial charge in [0.2, 0.25) is 0 Å². The zero-order chi connectivity index (χ0) is 14.8. The largest absolute Gasteiger partial charge is 0.346 e. The highest BCUT2D eigenvalue weighted by Gasteiger charge is 2.12. The first-order valence-corrected chi connectivity index (χ1v) is 6.68. The van der Waals surface area contributed by atoms with Crippen LogP contribution in [0.25, 0.3) is 5.65 Å². The Morgan fingerprint density at radius 1 is 1.29 bits per heavy atom. The van der Waals surface area contributed by atoms with Gasteiger partial charge in [-0.15, -0.1) is 0 Å². The molecular weight excluding hydrogens is 293 g/mol. The molecule has 0 aliphatic heterocycles. The Hall–Kier alpha value is -2.40. The summed E-state index contributed by atoms with van der Waals surface area (Å²) in [7, 11) is 0. The van der Waals surface area contributed by atoms with Crippen LogP contribution in [0, 0.1) is 5.82 Å². The highest BCUT2D eigenvalue weighted by Crippen LogP contribution is 2.18. The maximum Gasteiger partial charge on any atom is 0.271 e. The van der Waals surface area contributed by atoms with Gasteiger partial charge in [-0.2, -0.15) is 0 Å². The summed E-state index contributed by atoms with van der Waals surface area (Å²) in [5.74, 6) is -0.823. The van der Waals surface area contributed by atoms with Crippen LogP contribution in [0.4, 0.5) is 4.39 Å². The number of aromatic nitrogens is 2. The lowest BCUT2D eigenvalue weighted by atomic mass is 10.2. The van der Waals surface area contributed by atoms with Gasteiger partial charge in [-0.25, -0.2) is 9.37 Å². The van der Waals surface area contributed by atoms with Gasteiger partial charge in [-0.05, 0) is 24.3 Å². The first-order valence-electron chi connectivity index (χ1n) is 6.30. The molecule has 0 aliphatic carbocycles. The van der Waals surface area contributed by atoms with Crippen molar-refractivity contribution in [3.05, 3.63) is 70.9 Å². The summed E-state index contributed by atoms with van der Waals surface area (Å²) in [6.07, 6.45) is 3.42. The Kier molecular flexibility index (Phi) is 3.58. The molecule has 2 aromatic heterocycles. The number of hydrogen-bond donors (Lipinski definition) is 1. The topological polar surface area (TPSA) is 46.4 Å². The van der Waals surface area contributed by atoms with Crippen molar-refractivity contribution in [1.82, 2.24) is 14.7 Å². The van der Waals surface area contributed by atoms with Crippen molar-refractivity contribution in [2.45, 2.75) is 6.54 Å². The van der Waals surface area contributed by atoms with Gasteiger partial charge in [0.05, 0.1) is 0 Å². The Balaban J connectivity index is 1.77. The van der Waals surface area contributed by atoms with Gasteiger partial charge in [0.1, 0.15) is 17.2 Å². The van der Waals surface area contributed by atoms with Crippen LogP contribution in [0.5, 0.6) is 0 Å². The molecule has 0 spiro atoms. The molecule has 0 bridgehead atoms. The van der Waals surface area contributed by atoms with Crippen LogP contribution >= 0.6 is 11.6 Å². The lowest BCUT2D eigenvalue weighted by Gasteiger charge is -2.06. The Bertz CT molecular complexity index is 762. The molecule has 4 nitrogen and oxygen atoms in total. The fourth-order valence-electron chi connectivity index (χ4n) is 2.00. The highest BCUT2D eigenvalue weighted by molar-refractivity contribution is 6.31. The molecule has 2 heterocycles. The zero-order valence-electron chi connectivity index (χ0n) is 10.9. The summed E-state index contributed by atoms with van der Waals surface area (Å²) in [6, 6.07) is 9.88. The van der Waals surface area contributed by atoms with Crippen LogP contribution in [0.1, 0.15) is 16.1 Å². The molecule has 3 aromatic rings. The number of carbonyl (C=O) groups is 1. The minimum absolute atomic E-state index is 0.0121. The van der Waals surface area contributed by atoms with E-state index in [-0.39, 0.29) is 28.7 Å². The van der Waals surface area contributed by atoms with Gasteiger partial charge in [-0.3, -0.25) is 4.79 Å². The van der Waals surface area contributed by atoms with Crippen LogP contribution in [0.3, 0.4) is 0 Å². The summed E-state index contributed by atoms with van der Waals surface area (Å²) in [4.78, 5) is 16.3. The fraction of sp³-hybridized carbons (Fsp3) is 0.0667. The number of benzene rings is 1. The minimum Gasteiger partial charge on any atom is -0.346 e. The smallest absolute Gasteiger partial charge is 0.271 e. The lowest BCUT2D eigenvalue weighted by Crippen LogP contribution is -2.23. The summed E-state index contributed by atoms with van der Waals surface area (Å²) >= 11 is 5.91. The van der Waals surface area contributed by atoms with E-state index in [1.807, 2.05) is 12.1 Å². The monoisotopic (exact) mass is 303 g/mol. The van der Waals surface area contributed by atoms with Gasteiger partial charge in [0, 0.05) is 29.5 Å². The summed E-state index contributed by atoms with van der Waals surface area (Å²) in [5.41, 5.74) is 1.21. The van der Waals surface area contributed by atoms with Crippen LogP contribution in [-0.2, 0) is 6.54 Å². The second-order valence-corrected chi connectivity index (χ2v) is 4.88. The number of rotatable bonds is 3. The molecule has 0 aliphatic rings. The van der Waals surface area contributed by atoms with E-state index < -0.39 is 5.82 Å². The molecule has 0 fully saturated rings. The maximum absolute atomic E-state index is 13.6. The average molecular weight is 304 g/mol. The van der Waals surface area contributed by atoms with Crippen molar-refractivity contribution in [3.8, 4) is 0 Å². The van der Waals surface area contributed by atoms with Gasteiger partial charge in [0.15, 0.2) is 0 Å². The number of nitrogens with one attached hydrogen (secondary N) is 1. The maximum atomic E-state index is 13.6. The van der Waals surface area contributed by atoms with Gasteiger partial charge in [0.25, 0.3) is 5.91 Å². The summed E-state index contributed by atoms with van der Waals surface area (Å²) < 4.78 is 15.4. The molecule has 106 valence electrons. The van der Waals surface area contributed by atoms with E-state index in [2.05, 4.69) is 10.3 Å². The van der Waals surface area contributed by atoms with E-state index >= 15 is 0 Å². The van der Waals surface area contributed by atoms with Crippen molar-refractivity contribution in [2.75, 3.05) is 0 Å². The third kappa shape index (κ3) is 2.73. The van der Waals surface area contributed by atoms with Crippen molar-refractivity contribution in [2.24, 2.45) is 0 Å². The summed E-state index contributed by atoms with van der Waals surface area (Å²) in [5, 5.41) is 2.90. The molecule has 0 unspecified atom stereocenters. The Morgan fingerprint density at radius 3 is 2.90 bits per heavy atom. The molecule has 0 saturated heterocycles. The number of halogens is 2. The van der Waals surface area contributed by atoms with Gasteiger partial charge < -0.3 is 9.72 Å². The van der Waals surface area contributed by atoms with Crippen LogP contribution < -0.4 is 5.32 Å². The number of pyridine rings is 1. The molecule has 3 rings (SSSR count). The highest BCUT2D eigenvalue weighted by atomic mass is 35.5. The average Bonchev–Trinajstić information content (AvgIpc) is 2.90. The third-order valence-corrected chi connectivity index (χ3v) is 3.44. The third-order valence-electron chi connectivity index (χ3n) is 3.08. The predicted octanol–water partition coefficient (Wildman–Crippen LogP) is 3.06. The quantitative estimate of drug-likeness (QED) is 0.808. The first kappa shape index (κ1) is 13.6. The SMILES string of the molecule is O=C(NCc1c(F)cccc1Cl)c1cn2ccccc2n1. The van der Waals surface area contributed by atoms with E-state index in [4.69, 9.17) is 11.6 Å². The molecule has 21 heavy (non-hydrogen) atoms. The minimum atomic E-state index is -0.446. The van der Waals surface area contributed by atoms with Crippen molar-refractivity contribution in [1.29, 1.82) is 0 Å². The molecule has 6 heteroatoms. The number of fused-ring (bicyclic) bond motifs is 1. The number of nitrogens with zero attached hydrogens (tertiary/aromatic N) is 2. The number of imidazole rings is 1. The Labute approximate surface area is 125 Å². The number of amides is 1. The molecule has 0 saturated carbocycles. The van der Waals surface area contributed by atoms with E-state index in [0.717, 1.165) is 0 Å². The lowest BCUT2D eigenvalue weighted by molar-refractivity contribution is 0.0946. The number of hydrogen-bond acceptors (Lipinski definition) is 2. The normalized spacial score (nSPS) is 10.8. The van der Waals surface area contributed by atoms with E-state index in [1.54, 1.807) is 28.9 Å². The molecule has 1 amide bonds. The second-order valence-electron chi connectivity index (χ2n) is 4.48. The van der Waals surface area contributed by atoms with Gasteiger partial charge >= 0.3 is 0 Å². The van der Waals surface area contributed by atoms with Crippen LogP contribution in [0.15, 0.2) is 48.8 Å². The van der Waals surface area contributed by atoms with Crippen LogP contribution in [0.2, 0.25) is 5.02 Å². The Morgan fingerprint density at radius 2 is 2.14 bits per heavy atom. The van der Waals surface area contributed by atoms with Crippen molar-refractivity contribution < 1.29 is 9.18 Å². The number of carbonyl (C=O) groups excluding carboxylic acids is 1. The van der Waals surface area contributed by atoms with Crippen LogP contribution in [-0.4, -0.2) is 15.3 Å². The predicted molar refractivity (Wildman–Crippen MR) is 77.8 cm³/mol. The first-order chi connectivity index (χ1) is 10.1. The standard InChI is InChI=1S/C15H11ClFN3O/c16-11-4-3-5-12(17)10(11)8-18-15(21)13-9-20-7-2-1-6-14(20)19-13/h1-7,9H,8H2,(H,18,21). The molecular formula is C15H11ClFN3O. The second kappa shape index (κ2) is 5.54. The molecule has 1 aromatic carbocycles. The fourth-order valence-corrected chi connectivity index (χ4v) is 2.23. The van der Waals surface area contributed by atoms with Crippen molar-refractivity contribution >= 4 is 23.2 Å². The van der Waals surface area contributed by atoms with Gasteiger partial charge in [-0.1, -0.05) is 23.7 Å². The van der Waals surface area contributed by atoms with E-state index in [0.29, 0.717) is 5.65 Å². The molecule has 0 atom stereocenters. The summed E-state index contributed by atoms with van der Waals surface area (Å²) in [6.45, 7) is 0.0121. The van der Waals surface area contributed by atoms with Crippen molar-refractivity contribution in [3.63, 3.8) is 0 Å². The molecule has 1 N–H and O–H groups in total. The van der Waals surface area contributed by atoms with E-state index in [1.165, 1.54) is 12.1 Å². The molecule has 0 radical (unpaired) electrons. The van der Waals surface area contributed by atoms with E-state index in [9.17, 15) is 9.18 Å².